The van der Waals surface area contributed by atoms with E-state index in [0.717, 1.165) is 5.56 Å². The number of rotatable bonds is 3. The van der Waals surface area contributed by atoms with Crippen molar-refractivity contribution in [2.45, 2.75) is 6.42 Å². The number of fused-ring (bicyclic) bond motifs is 1. The second kappa shape index (κ2) is 5.61. The lowest BCUT2D eigenvalue weighted by Crippen LogP contribution is -2.15. The van der Waals surface area contributed by atoms with E-state index in [0.29, 0.717) is 15.9 Å². The number of amides is 1. The predicted molar refractivity (Wildman–Crippen MR) is 79.4 cm³/mol. The number of carbonyl (C=O) groups is 1. The van der Waals surface area contributed by atoms with Gasteiger partial charge in [-0.1, -0.05) is 12.1 Å². The summed E-state index contributed by atoms with van der Waals surface area (Å²) in [4.78, 5) is 16.2. The van der Waals surface area contributed by atoms with Crippen LogP contribution in [0.2, 0.25) is 0 Å². The molecule has 0 radical (unpaired) electrons. The molecule has 0 bridgehead atoms. The first kappa shape index (κ1) is 13.7. The number of benzene rings is 1. The van der Waals surface area contributed by atoms with Crippen LogP contribution in [0.25, 0.3) is 5.65 Å². The molecule has 5 nitrogen and oxygen atoms in total. The van der Waals surface area contributed by atoms with Gasteiger partial charge in [0.1, 0.15) is 10.3 Å². The van der Waals surface area contributed by atoms with Crippen molar-refractivity contribution in [2.24, 2.45) is 0 Å². The SMILES string of the molecule is O=C(Cc1ccc(F)cc1)Nc1nn2cccnc2c1Br. The summed E-state index contributed by atoms with van der Waals surface area (Å²) in [6, 6.07) is 7.56. The van der Waals surface area contributed by atoms with Gasteiger partial charge in [-0.2, -0.15) is 0 Å². The molecule has 3 rings (SSSR count). The van der Waals surface area contributed by atoms with E-state index in [4.69, 9.17) is 0 Å². The second-order valence-corrected chi connectivity index (χ2v) is 5.19. The number of hydrogen-bond acceptors (Lipinski definition) is 3. The maximum atomic E-state index is 12.8. The van der Waals surface area contributed by atoms with Gasteiger partial charge in [0.25, 0.3) is 0 Å². The first-order valence-electron chi connectivity index (χ1n) is 6.16. The Morgan fingerprint density at radius 3 is 2.81 bits per heavy atom. The molecule has 0 aliphatic heterocycles. The van der Waals surface area contributed by atoms with Crippen LogP contribution >= 0.6 is 15.9 Å². The number of aromatic nitrogens is 3. The van der Waals surface area contributed by atoms with Gasteiger partial charge in [-0.3, -0.25) is 4.79 Å². The highest BCUT2D eigenvalue weighted by atomic mass is 79.9. The summed E-state index contributed by atoms with van der Waals surface area (Å²) in [6.07, 6.45) is 3.53. The fraction of sp³-hybridized carbons (Fsp3) is 0.0714. The van der Waals surface area contributed by atoms with Gasteiger partial charge in [-0.05, 0) is 39.7 Å². The molecule has 0 aliphatic carbocycles. The van der Waals surface area contributed by atoms with Gasteiger partial charge in [0.15, 0.2) is 11.5 Å². The monoisotopic (exact) mass is 348 g/mol. The Balaban J connectivity index is 1.77. The fourth-order valence-electron chi connectivity index (χ4n) is 1.90. The van der Waals surface area contributed by atoms with Crippen LogP contribution in [0.1, 0.15) is 5.56 Å². The third-order valence-electron chi connectivity index (χ3n) is 2.87. The van der Waals surface area contributed by atoms with Gasteiger partial charge in [0.05, 0.1) is 6.42 Å². The predicted octanol–water partition coefficient (Wildman–Crippen LogP) is 2.81. The summed E-state index contributed by atoms with van der Waals surface area (Å²) >= 11 is 3.37. The molecule has 0 atom stereocenters. The molecule has 2 aromatic heterocycles. The van der Waals surface area contributed by atoms with E-state index < -0.39 is 0 Å². The summed E-state index contributed by atoms with van der Waals surface area (Å²) < 4.78 is 15.0. The average molecular weight is 349 g/mol. The summed E-state index contributed by atoms with van der Waals surface area (Å²) in [6.45, 7) is 0. The Kier molecular flexibility index (Phi) is 3.66. The average Bonchev–Trinajstić information content (AvgIpc) is 2.78. The Hall–Kier alpha value is -2.28. The number of hydrogen-bond donors (Lipinski definition) is 1. The lowest BCUT2D eigenvalue weighted by molar-refractivity contribution is -0.115. The van der Waals surface area contributed by atoms with Crippen molar-refractivity contribution in [1.82, 2.24) is 14.6 Å². The molecule has 0 aliphatic rings. The van der Waals surface area contributed by atoms with Crippen molar-refractivity contribution >= 4 is 33.3 Å². The molecular weight excluding hydrogens is 339 g/mol. The molecule has 0 saturated heterocycles. The van der Waals surface area contributed by atoms with E-state index >= 15 is 0 Å². The van der Waals surface area contributed by atoms with Crippen LogP contribution in [0.5, 0.6) is 0 Å². The maximum absolute atomic E-state index is 12.8. The van der Waals surface area contributed by atoms with E-state index in [1.54, 1.807) is 35.1 Å². The zero-order valence-electron chi connectivity index (χ0n) is 10.8. The summed E-state index contributed by atoms with van der Waals surface area (Å²) in [5, 5.41) is 6.93. The van der Waals surface area contributed by atoms with E-state index in [-0.39, 0.29) is 18.1 Å². The van der Waals surface area contributed by atoms with Crippen LogP contribution in [0.3, 0.4) is 0 Å². The molecule has 1 N–H and O–H groups in total. The van der Waals surface area contributed by atoms with E-state index in [1.807, 2.05) is 0 Å². The number of nitrogens with one attached hydrogen (secondary N) is 1. The highest BCUT2D eigenvalue weighted by Gasteiger charge is 2.13. The van der Waals surface area contributed by atoms with E-state index in [9.17, 15) is 9.18 Å². The maximum Gasteiger partial charge on any atom is 0.230 e. The van der Waals surface area contributed by atoms with Crippen molar-refractivity contribution < 1.29 is 9.18 Å². The van der Waals surface area contributed by atoms with Crippen LogP contribution in [0.4, 0.5) is 10.2 Å². The van der Waals surface area contributed by atoms with E-state index in [2.05, 4.69) is 31.3 Å². The number of halogens is 2. The quantitative estimate of drug-likeness (QED) is 0.791. The van der Waals surface area contributed by atoms with Crippen molar-refractivity contribution in [1.29, 1.82) is 0 Å². The molecule has 0 saturated carbocycles. The molecule has 1 amide bonds. The smallest absolute Gasteiger partial charge is 0.230 e. The Bertz CT molecular complexity index is 800. The van der Waals surface area contributed by atoms with Crippen LogP contribution in [-0.2, 0) is 11.2 Å². The number of nitrogens with zero attached hydrogens (tertiary/aromatic N) is 3. The molecule has 3 aromatic rings. The zero-order valence-corrected chi connectivity index (χ0v) is 12.3. The first-order chi connectivity index (χ1) is 10.1. The van der Waals surface area contributed by atoms with Crippen molar-refractivity contribution in [3.05, 3.63) is 58.6 Å². The van der Waals surface area contributed by atoms with Crippen LogP contribution in [0, 0.1) is 5.82 Å². The van der Waals surface area contributed by atoms with Crippen LogP contribution in [-0.4, -0.2) is 20.5 Å². The largest absolute Gasteiger partial charge is 0.308 e. The molecule has 0 unspecified atom stereocenters. The highest BCUT2D eigenvalue weighted by Crippen LogP contribution is 2.25. The van der Waals surface area contributed by atoms with Crippen LogP contribution < -0.4 is 5.32 Å². The lowest BCUT2D eigenvalue weighted by atomic mass is 10.1. The van der Waals surface area contributed by atoms with Gasteiger partial charge < -0.3 is 5.32 Å². The van der Waals surface area contributed by atoms with Crippen molar-refractivity contribution in [3.8, 4) is 0 Å². The second-order valence-electron chi connectivity index (χ2n) is 4.40. The standard InChI is InChI=1S/C14H10BrFN4O/c15-12-13(19-20-7-1-6-17-14(12)20)18-11(21)8-9-2-4-10(16)5-3-9/h1-7H,8H2,(H,18,19,21). The minimum Gasteiger partial charge on any atom is -0.308 e. The third-order valence-corrected chi connectivity index (χ3v) is 3.61. The van der Waals surface area contributed by atoms with Gasteiger partial charge >= 0.3 is 0 Å². The molecule has 1 aromatic carbocycles. The fourth-order valence-corrected chi connectivity index (χ4v) is 2.37. The minimum absolute atomic E-state index is 0.147. The minimum atomic E-state index is -0.326. The molecule has 106 valence electrons. The first-order valence-corrected chi connectivity index (χ1v) is 6.96. The van der Waals surface area contributed by atoms with Gasteiger partial charge in [-0.15, -0.1) is 5.10 Å². The Morgan fingerprint density at radius 1 is 1.33 bits per heavy atom. The molecule has 7 heteroatoms. The Labute approximate surface area is 127 Å². The topological polar surface area (TPSA) is 59.3 Å². The van der Waals surface area contributed by atoms with Crippen molar-refractivity contribution in [2.75, 3.05) is 5.32 Å². The third kappa shape index (κ3) is 2.92. The Morgan fingerprint density at radius 2 is 2.10 bits per heavy atom. The number of anilines is 1. The summed E-state index contributed by atoms with van der Waals surface area (Å²) in [5.74, 6) is -0.153. The van der Waals surface area contributed by atoms with Crippen LogP contribution in [0.15, 0.2) is 47.2 Å². The van der Waals surface area contributed by atoms with E-state index in [1.165, 1.54) is 12.1 Å². The highest BCUT2D eigenvalue weighted by molar-refractivity contribution is 9.10. The molecule has 0 fully saturated rings. The summed E-state index contributed by atoms with van der Waals surface area (Å²) in [5.41, 5.74) is 1.35. The van der Waals surface area contributed by atoms with Gasteiger partial charge in [0, 0.05) is 12.4 Å². The summed E-state index contributed by atoms with van der Waals surface area (Å²) in [7, 11) is 0. The molecular formula is C14H10BrFN4O. The van der Waals surface area contributed by atoms with Crippen molar-refractivity contribution in [3.63, 3.8) is 0 Å². The normalized spacial score (nSPS) is 10.8. The van der Waals surface area contributed by atoms with Gasteiger partial charge in [-0.25, -0.2) is 13.9 Å². The number of carbonyl (C=O) groups excluding carboxylic acids is 1. The molecule has 0 spiro atoms. The lowest BCUT2D eigenvalue weighted by Gasteiger charge is -2.02. The molecule has 2 heterocycles. The molecule has 21 heavy (non-hydrogen) atoms. The zero-order chi connectivity index (χ0) is 14.8. The van der Waals surface area contributed by atoms with Gasteiger partial charge in [0.2, 0.25) is 5.91 Å².